The topological polar surface area (TPSA) is 21.7 Å². The largest absolute Gasteiger partial charge is 0.490 e. The Kier molecular flexibility index (Phi) is 2.71. The number of ether oxygens (including phenoxy) is 2. The molecule has 3 nitrogen and oxygen atoms in total. The molecule has 0 N–H and O–H groups in total. The molecule has 0 spiro atoms. The molecule has 1 fully saturated rings. The lowest BCUT2D eigenvalue weighted by molar-refractivity contribution is 0.122. The Morgan fingerprint density at radius 2 is 2.00 bits per heavy atom. The molecular weight excluding hydrogens is 214 g/mol. The van der Waals surface area contributed by atoms with Crippen LogP contribution in [-0.4, -0.2) is 32.4 Å². The van der Waals surface area contributed by atoms with Gasteiger partial charge in [0.2, 0.25) is 0 Å². The van der Waals surface area contributed by atoms with Crippen molar-refractivity contribution in [1.82, 2.24) is 0 Å². The molecule has 0 aromatic heterocycles. The van der Waals surface area contributed by atoms with Crippen LogP contribution in [0.15, 0.2) is 12.1 Å². The second kappa shape index (κ2) is 4.22. The maximum Gasteiger partial charge on any atom is 0.125 e. The number of rotatable bonds is 1. The van der Waals surface area contributed by atoms with Gasteiger partial charge >= 0.3 is 0 Å². The molecule has 0 unspecified atom stereocenters. The highest BCUT2D eigenvalue weighted by Gasteiger charge is 2.22. The summed E-state index contributed by atoms with van der Waals surface area (Å²) in [6, 6.07) is 4.49. The molecule has 0 amide bonds. The van der Waals surface area contributed by atoms with E-state index in [-0.39, 0.29) is 0 Å². The van der Waals surface area contributed by atoms with E-state index in [1.807, 2.05) is 0 Å². The van der Waals surface area contributed by atoms with E-state index in [1.165, 1.54) is 16.8 Å². The monoisotopic (exact) mass is 233 g/mol. The van der Waals surface area contributed by atoms with E-state index in [4.69, 9.17) is 9.47 Å². The number of benzene rings is 1. The fourth-order valence-corrected chi connectivity index (χ4v) is 2.72. The van der Waals surface area contributed by atoms with Crippen molar-refractivity contribution in [3.63, 3.8) is 0 Å². The summed E-state index contributed by atoms with van der Waals surface area (Å²) in [4.78, 5) is 2.39. The summed E-state index contributed by atoms with van der Waals surface area (Å²) in [5.74, 6) is 1.07. The molecule has 92 valence electrons. The van der Waals surface area contributed by atoms with E-state index in [9.17, 15) is 0 Å². The summed E-state index contributed by atoms with van der Waals surface area (Å²) in [6.07, 6.45) is 1.36. The van der Waals surface area contributed by atoms with E-state index in [2.05, 4.69) is 30.9 Å². The van der Waals surface area contributed by atoms with Crippen LogP contribution in [0.1, 0.15) is 18.1 Å². The fourth-order valence-electron chi connectivity index (χ4n) is 2.72. The van der Waals surface area contributed by atoms with Crippen LogP contribution in [-0.2, 0) is 11.2 Å². The van der Waals surface area contributed by atoms with Crippen LogP contribution in [0.2, 0.25) is 0 Å². The maximum atomic E-state index is 5.84. The van der Waals surface area contributed by atoms with Gasteiger partial charge in [-0.25, -0.2) is 0 Å². The predicted octanol–water partition coefficient (Wildman–Crippen LogP) is 2.16. The lowest BCUT2D eigenvalue weighted by atomic mass is 10.0. The van der Waals surface area contributed by atoms with Crippen molar-refractivity contribution in [2.45, 2.75) is 26.4 Å². The molecule has 3 rings (SSSR count). The van der Waals surface area contributed by atoms with Crippen molar-refractivity contribution in [3.8, 4) is 5.75 Å². The van der Waals surface area contributed by atoms with Crippen LogP contribution < -0.4 is 9.64 Å². The quantitative estimate of drug-likeness (QED) is 0.742. The normalized spacial score (nSPS) is 23.4. The molecule has 17 heavy (non-hydrogen) atoms. The molecule has 0 radical (unpaired) electrons. The highest BCUT2D eigenvalue weighted by atomic mass is 16.5. The first-order chi connectivity index (χ1) is 8.24. The van der Waals surface area contributed by atoms with Crippen molar-refractivity contribution < 1.29 is 9.47 Å². The number of hydrogen-bond acceptors (Lipinski definition) is 3. The zero-order valence-electron chi connectivity index (χ0n) is 10.5. The zero-order valence-corrected chi connectivity index (χ0v) is 10.5. The Hall–Kier alpha value is -1.22. The summed E-state index contributed by atoms with van der Waals surface area (Å²) in [7, 11) is 0. The Labute approximate surface area is 102 Å². The minimum Gasteiger partial charge on any atom is -0.490 e. The number of fused-ring (bicyclic) bond motifs is 1. The molecule has 2 heterocycles. The minimum absolute atomic E-state index is 0.323. The first-order valence-corrected chi connectivity index (χ1v) is 6.37. The van der Waals surface area contributed by atoms with Gasteiger partial charge in [-0.05, 0) is 25.0 Å². The second-order valence-electron chi connectivity index (χ2n) is 4.98. The highest BCUT2D eigenvalue weighted by Crippen LogP contribution is 2.35. The van der Waals surface area contributed by atoms with Crippen molar-refractivity contribution in [1.29, 1.82) is 0 Å². The van der Waals surface area contributed by atoms with Crippen LogP contribution in [0.3, 0.4) is 0 Å². The Morgan fingerprint density at radius 3 is 2.76 bits per heavy atom. The van der Waals surface area contributed by atoms with Gasteiger partial charge in [0, 0.05) is 31.3 Å². The van der Waals surface area contributed by atoms with Gasteiger partial charge in [-0.3, -0.25) is 0 Å². The highest BCUT2D eigenvalue weighted by molar-refractivity contribution is 5.60. The van der Waals surface area contributed by atoms with Crippen LogP contribution in [0.25, 0.3) is 0 Å². The number of morpholine rings is 1. The Balaban J connectivity index is 1.92. The van der Waals surface area contributed by atoms with Gasteiger partial charge in [-0.1, -0.05) is 6.07 Å². The average molecular weight is 233 g/mol. The molecule has 2 aliphatic heterocycles. The van der Waals surface area contributed by atoms with Gasteiger partial charge in [-0.15, -0.1) is 0 Å². The summed E-state index contributed by atoms with van der Waals surface area (Å²) < 4.78 is 11.2. The third-order valence-electron chi connectivity index (χ3n) is 3.57. The van der Waals surface area contributed by atoms with Crippen LogP contribution >= 0.6 is 0 Å². The van der Waals surface area contributed by atoms with E-state index in [1.54, 1.807) is 0 Å². The van der Waals surface area contributed by atoms with Crippen molar-refractivity contribution >= 4 is 5.69 Å². The summed E-state index contributed by atoms with van der Waals surface area (Å²) in [5, 5.41) is 0. The molecular formula is C14H19NO2. The standard InChI is InChI=1S/C14H19NO2/c1-10-7-12-8-11(2)17-14(12)9-13(10)15-3-5-16-6-4-15/h7,9,11H,3-6,8H2,1-2H3/t11-/m0/s1. The lowest BCUT2D eigenvalue weighted by Gasteiger charge is -2.30. The maximum absolute atomic E-state index is 5.84. The summed E-state index contributed by atoms with van der Waals surface area (Å²) in [5.41, 5.74) is 4.01. The van der Waals surface area contributed by atoms with Gasteiger partial charge in [-0.2, -0.15) is 0 Å². The molecule has 0 bridgehead atoms. The Morgan fingerprint density at radius 1 is 1.24 bits per heavy atom. The molecule has 1 aromatic carbocycles. The molecule has 0 saturated carbocycles. The van der Waals surface area contributed by atoms with Crippen LogP contribution in [0, 0.1) is 6.92 Å². The smallest absolute Gasteiger partial charge is 0.125 e. The third kappa shape index (κ3) is 2.00. The van der Waals surface area contributed by atoms with Gasteiger partial charge in [0.1, 0.15) is 11.9 Å². The molecule has 0 aliphatic carbocycles. The van der Waals surface area contributed by atoms with Crippen LogP contribution in [0.5, 0.6) is 5.75 Å². The number of nitrogens with zero attached hydrogens (tertiary/aromatic N) is 1. The van der Waals surface area contributed by atoms with E-state index in [0.717, 1.165) is 38.5 Å². The SMILES string of the molecule is Cc1cc2c(cc1N1CCOCC1)O[C@@H](C)C2. The van der Waals surface area contributed by atoms with Crippen molar-refractivity contribution in [3.05, 3.63) is 23.3 Å². The summed E-state index contributed by atoms with van der Waals surface area (Å²) in [6.45, 7) is 7.93. The predicted molar refractivity (Wildman–Crippen MR) is 68.0 cm³/mol. The van der Waals surface area contributed by atoms with Crippen LogP contribution in [0.4, 0.5) is 5.69 Å². The molecule has 1 aromatic rings. The average Bonchev–Trinajstić information content (AvgIpc) is 2.68. The zero-order chi connectivity index (χ0) is 11.8. The minimum atomic E-state index is 0.323. The summed E-state index contributed by atoms with van der Waals surface area (Å²) >= 11 is 0. The van der Waals surface area contributed by atoms with E-state index in [0.29, 0.717) is 6.10 Å². The van der Waals surface area contributed by atoms with Gasteiger partial charge < -0.3 is 14.4 Å². The first-order valence-electron chi connectivity index (χ1n) is 6.37. The van der Waals surface area contributed by atoms with E-state index < -0.39 is 0 Å². The van der Waals surface area contributed by atoms with Gasteiger partial charge in [0.05, 0.1) is 13.2 Å². The number of aryl methyl sites for hydroxylation is 1. The molecule has 3 heteroatoms. The molecule has 1 atom stereocenters. The van der Waals surface area contributed by atoms with E-state index >= 15 is 0 Å². The van der Waals surface area contributed by atoms with Gasteiger partial charge in [0.15, 0.2) is 0 Å². The Bertz CT molecular complexity index is 424. The lowest BCUT2D eigenvalue weighted by Crippen LogP contribution is -2.36. The second-order valence-corrected chi connectivity index (χ2v) is 4.98. The molecule has 2 aliphatic rings. The molecule has 1 saturated heterocycles. The van der Waals surface area contributed by atoms with Crippen molar-refractivity contribution in [2.75, 3.05) is 31.2 Å². The number of hydrogen-bond donors (Lipinski definition) is 0. The first kappa shape index (κ1) is 10.9. The van der Waals surface area contributed by atoms with Crippen molar-refractivity contribution in [2.24, 2.45) is 0 Å². The fraction of sp³-hybridized carbons (Fsp3) is 0.571. The third-order valence-corrected chi connectivity index (χ3v) is 3.57. The number of anilines is 1. The van der Waals surface area contributed by atoms with Gasteiger partial charge in [0.25, 0.3) is 0 Å².